The van der Waals surface area contributed by atoms with E-state index in [1.807, 2.05) is 44.2 Å². The number of hydrogen-bond donors (Lipinski definition) is 2. The molecule has 0 saturated carbocycles. The van der Waals surface area contributed by atoms with E-state index in [2.05, 4.69) is 46.6 Å². The molecule has 138 valence electrons. The molecule has 0 saturated heterocycles. The summed E-state index contributed by atoms with van der Waals surface area (Å²) in [5.41, 5.74) is 5.55. The minimum atomic E-state index is -0.279. The van der Waals surface area contributed by atoms with Crippen LogP contribution < -0.4 is 10.6 Å². The summed E-state index contributed by atoms with van der Waals surface area (Å²) in [6, 6.07) is 14.0. The summed E-state index contributed by atoms with van der Waals surface area (Å²) in [6.45, 7) is 8.37. The number of anilines is 3. The van der Waals surface area contributed by atoms with Crippen molar-refractivity contribution in [3.05, 3.63) is 77.2 Å². The molecule has 0 radical (unpaired) electrons. The second kappa shape index (κ2) is 7.99. The van der Waals surface area contributed by atoms with Gasteiger partial charge in [-0.2, -0.15) is 0 Å². The molecule has 0 fully saturated rings. The van der Waals surface area contributed by atoms with Crippen LogP contribution in [-0.4, -0.2) is 15.9 Å². The molecule has 3 rings (SSSR count). The number of aryl methyl sites for hydroxylation is 2. The van der Waals surface area contributed by atoms with E-state index in [4.69, 9.17) is 0 Å². The first-order valence-electron chi connectivity index (χ1n) is 9.00. The van der Waals surface area contributed by atoms with Crippen LogP contribution >= 0.6 is 0 Å². The molecule has 0 atom stereocenters. The molecule has 0 aliphatic rings. The molecule has 3 aromatic rings. The lowest BCUT2D eigenvalue weighted by molar-refractivity contribution is 0.102. The van der Waals surface area contributed by atoms with Crippen LogP contribution in [0.5, 0.6) is 0 Å². The molecular formula is C22H24N4O. The summed E-state index contributed by atoms with van der Waals surface area (Å²) >= 11 is 0. The maximum absolute atomic E-state index is 12.3. The number of nitrogens with zero attached hydrogens (tertiary/aromatic N) is 2. The highest BCUT2D eigenvalue weighted by molar-refractivity contribution is 6.02. The van der Waals surface area contributed by atoms with Gasteiger partial charge in [0.25, 0.3) is 5.91 Å². The third-order valence-corrected chi connectivity index (χ3v) is 4.50. The first-order valence-corrected chi connectivity index (χ1v) is 9.00. The van der Waals surface area contributed by atoms with Gasteiger partial charge in [0.15, 0.2) is 0 Å². The number of carbonyl (C=O) groups excluding carboxylic acids is 1. The molecule has 0 bridgehead atoms. The number of rotatable bonds is 5. The maximum atomic E-state index is 12.3. The minimum Gasteiger partial charge on any atom is -0.339 e. The molecule has 2 N–H and O–H groups in total. The molecule has 1 amide bonds. The number of benzene rings is 2. The van der Waals surface area contributed by atoms with Crippen molar-refractivity contribution in [2.24, 2.45) is 0 Å². The van der Waals surface area contributed by atoms with Crippen molar-refractivity contribution >= 4 is 23.1 Å². The van der Waals surface area contributed by atoms with E-state index in [1.54, 1.807) is 6.20 Å². The summed E-state index contributed by atoms with van der Waals surface area (Å²) in [7, 11) is 0. The van der Waals surface area contributed by atoms with Gasteiger partial charge in [0.2, 0.25) is 0 Å². The Morgan fingerprint density at radius 1 is 0.889 bits per heavy atom. The van der Waals surface area contributed by atoms with E-state index < -0.39 is 0 Å². The lowest BCUT2D eigenvalue weighted by Crippen LogP contribution is -2.14. The average Bonchev–Trinajstić information content (AvgIpc) is 2.66. The van der Waals surface area contributed by atoms with Crippen molar-refractivity contribution in [2.75, 3.05) is 10.6 Å². The molecule has 0 aliphatic heterocycles. The number of carbonyl (C=O) groups is 1. The summed E-state index contributed by atoms with van der Waals surface area (Å²) in [5, 5.41) is 6.04. The molecule has 0 unspecified atom stereocenters. The topological polar surface area (TPSA) is 66.9 Å². The fourth-order valence-corrected chi connectivity index (χ4v) is 2.62. The predicted octanol–water partition coefficient (Wildman–Crippen LogP) is 5.21. The normalized spacial score (nSPS) is 10.7. The third kappa shape index (κ3) is 4.70. The summed E-state index contributed by atoms with van der Waals surface area (Å²) in [6.07, 6.45) is 3.03. The highest BCUT2D eigenvalue weighted by Crippen LogP contribution is 2.19. The molecule has 0 aliphatic carbocycles. The number of hydrogen-bond acceptors (Lipinski definition) is 4. The van der Waals surface area contributed by atoms with Gasteiger partial charge in [-0.1, -0.05) is 32.0 Å². The van der Waals surface area contributed by atoms with Crippen LogP contribution in [0.15, 0.2) is 54.9 Å². The second-order valence-electron chi connectivity index (χ2n) is 6.94. The van der Waals surface area contributed by atoms with E-state index >= 15 is 0 Å². The van der Waals surface area contributed by atoms with Gasteiger partial charge in [0.1, 0.15) is 11.5 Å². The van der Waals surface area contributed by atoms with Crippen molar-refractivity contribution in [1.82, 2.24) is 9.97 Å². The molecule has 1 aromatic heterocycles. The Morgan fingerprint density at radius 2 is 1.59 bits per heavy atom. The van der Waals surface area contributed by atoms with Crippen LogP contribution in [0.1, 0.15) is 46.9 Å². The zero-order chi connectivity index (χ0) is 19.4. The Labute approximate surface area is 159 Å². The van der Waals surface area contributed by atoms with Crippen molar-refractivity contribution in [3.63, 3.8) is 0 Å². The van der Waals surface area contributed by atoms with Crippen LogP contribution in [0.25, 0.3) is 0 Å². The fourth-order valence-electron chi connectivity index (χ4n) is 2.62. The molecular weight excluding hydrogens is 336 g/mol. The lowest BCUT2D eigenvalue weighted by atomic mass is 10.0. The number of amides is 1. The Morgan fingerprint density at radius 3 is 2.19 bits per heavy atom. The highest BCUT2D eigenvalue weighted by Gasteiger charge is 2.09. The van der Waals surface area contributed by atoms with Gasteiger partial charge in [0.05, 0.1) is 12.4 Å². The minimum absolute atomic E-state index is 0.272. The van der Waals surface area contributed by atoms with E-state index in [9.17, 15) is 4.79 Å². The van der Waals surface area contributed by atoms with Gasteiger partial charge in [-0.15, -0.1) is 0 Å². The first kappa shape index (κ1) is 18.6. The Bertz CT molecular complexity index is 932. The summed E-state index contributed by atoms with van der Waals surface area (Å²) < 4.78 is 0. The standard InChI is InChI=1S/C22H24N4O/c1-14(2)17-6-9-18(10-7-17)25-21-13-23-20(12-24-21)22(27)26-19-8-5-15(3)16(4)11-19/h5-14H,1-4H3,(H,24,25)(H,26,27). The molecule has 2 aromatic carbocycles. The van der Waals surface area contributed by atoms with Gasteiger partial charge >= 0.3 is 0 Å². The smallest absolute Gasteiger partial charge is 0.275 e. The quantitative estimate of drug-likeness (QED) is 0.655. The fraction of sp³-hybridized carbons (Fsp3) is 0.227. The number of aromatic nitrogens is 2. The zero-order valence-electron chi connectivity index (χ0n) is 16.1. The van der Waals surface area contributed by atoms with Crippen LogP contribution in [0.4, 0.5) is 17.2 Å². The van der Waals surface area contributed by atoms with Gasteiger partial charge in [-0.05, 0) is 60.7 Å². The predicted molar refractivity (Wildman–Crippen MR) is 110 cm³/mol. The van der Waals surface area contributed by atoms with Gasteiger partial charge in [-0.3, -0.25) is 4.79 Å². The summed E-state index contributed by atoms with van der Waals surface area (Å²) in [4.78, 5) is 20.9. The van der Waals surface area contributed by atoms with Crippen molar-refractivity contribution in [3.8, 4) is 0 Å². The average molecular weight is 360 g/mol. The van der Waals surface area contributed by atoms with Crippen LogP contribution in [0.3, 0.4) is 0 Å². The maximum Gasteiger partial charge on any atom is 0.275 e. The third-order valence-electron chi connectivity index (χ3n) is 4.50. The molecule has 1 heterocycles. The molecule has 27 heavy (non-hydrogen) atoms. The largest absolute Gasteiger partial charge is 0.339 e. The van der Waals surface area contributed by atoms with Crippen LogP contribution in [-0.2, 0) is 0 Å². The van der Waals surface area contributed by atoms with Crippen molar-refractivity contribution < 1.29 is 4.79 Å². The monoisotopic (exact) mass is 360 g/mol. The van der Waals surface area contributed by atoms with Gasteiger partial charge in [0, 0.05) is 11.4 Å². The van der Waals surface area contributed by atoms with E-state index in [1.165, 1.54) is 17.3 Å². The zero-order valence-corrected chi connectivity index (χ0v) is 16.1. The molecule has 5 nitrogen and oxygen atoms in total. The van der Waals surface area contributed by atoms with Crippen LogP contribution in [0, 0.1) is 13.8 Å². The molecule has 0 spiro atoms. The van der Waals surface area contributed by atoms with E-state index in [0.717, 1.165) is 16.9 Å². The van der Waals surface area contributed by atoms with Gasteiger partial charge in [-0.25, -0.2) is 9.97 Å². The summed E-state index contributed by atoms with van der Waals surface area (Å²) in [5.74, 6) is 0.808. The lowest BCUT2D eigenvalue weighted by Gasteiger charge is -2.09. The van der Waals surface area contributed by atoms with Crippen molar-refractivity contribution in [1.29, 1.82) is 0 Å². The first-order chi connectivity index (χ1) is 12.9. The Hall–Kier alpha value is -3.21. The highest BCUT2D eigenvalue weighted by atomic mass is 16.1. The number of nitrogens with one attached hydrogen (secondary N) is 2. The van der Waals surface area contributed by atoms with E-state index in [0.29, 0.717) is 11.7 Å². The van der Waals surface area contributed by atoms with Crippen LogP contribution in [0.2, 0.25) is 0 Å². The van der Waals surface area contributed by atoms with E-state index in [-0.39, 0.29) is 11.6 Å². The van der Waals surface area contributed by atoms with Crippen molar-refractivity contribution in [2.45, 2.75) is 33.6 Å². The van der Waals surface area contributed by atoms with Gasteiger partial charge < -0.3 is 10.6 Å². The SMILES string of the molecule is Cc1ccc(NC(=O)c2cnc(Nc3ccc(C(C)C)cc3)cn2)cc1C. The second-order valence-corrected chi connectivity index (χ2v) is 6.94. The Balaban J connectivity index is 1.65. The molecule has 5 heteroatoms. The Kier molecular flexibility index (Phi) is 5.50.